The molecule has 0 unspecified atom stereocenters. The molecule has 0 aliphatic heterocycles. The fourth-order valence-corrected chi connectivity index (χ4v) is 0.838. The maximum Gasteiger partial charge on any atom is -0.0219 e. The van der Waals surface area contributed by atoms with Crippen molar-refractivity contribution in [1.29, 1.82) is 0 Å². The molecule has 0 spiro atoms. The molecule has 16 heavy (non-hydrogen) atoms. The largest absolute Gasteiger partial charge is 0.103 e. The third-order valence-corrected chi connectivity index (χ3v) is 1.63. The molecule has 1 aromatic carbocycles. The molecule has 88 valence electrons. The summed E-state index contributed by atoms with van der Waals surface area (Å²) in [6, 6.07) is 10.5. The van der Waals surface area contributed by atoms with Crippen LogP contribution >= 0.6 is 0 Å². The summed E-state index contributed by atoms with van der Waals surface area (Å²) in [7, 11) is 0. The molecule has 1 aromatic rings. The standard InChI is InChI=1S/C9H12.C4H6.C3H6/c1-8(2)9-6-4-3-5-7-9;1-3-4-2;1-3-2/h3-8H,1-2H3;3-4H,1-2H2;3H,1H2,2H3. The Morgan fingerprint density at radius 3 is 1.50 bits per heavy atom. The van der Waals surface area contributed by atoms with E-state index in [1.807, 2.05) is 13.0 Å². The molecule has 0 aliphatic carbocycles. The van der Waals surface area contributed by atoms with Crippen LogP contribution in [-0.2, 0) is 0 Å². The zero-order valence-electron chi connectivity index (χ0n) is 10.8. The summed E-state index contributed by atoms with van der Waals surface area (Å²) >= 11 is 0. The summed E-state index contributed by atoms with van der Waals surface area (Å²) in [5.74, 6) is 0.659. The van der Waals surface area contributed by atoms with Gasteiger partial charge in [-0.2, -0.15) is 0 Å². The van der Waals surface area contributed by atoms with E-state index in [-0.39, 0.29) is 0 Å². The van der Waals surface area contributed by atoms with E-state index in [2.05, 4.69) is 57.8 Å². The van der Waals surface area contributed by atoms with Gasteiger partial charge in [0.1, 0.15) is 0 Å². The van der Waals surface area contributed by atoms with E-state index < -0.39 is 0 Å². The number of benzene rings is 1. The molecule has 0 atom stereocenters. The first-order valence-electron chi connectivity index (χ1n) is 5.49. The first kappa shape index (κ1) is 16.9. The lowest BCUT2D eigenvalue weighted by atomic mass is 10.0. The SMILES string of the molecule is C=CC.C=CC=C.CC(C)c1ccccc1. The molecule has 0 fully saturated rings. The molecule has 0 saturated carbocycles. The molecule has 0 bridgehead atoms. The second-order valence-corrected chi connectivity index (χ2v) is 3.45. The highest BCUT2D eigenvalue weighted by molar-refractivity contribution is 5.17. The van der Waals surface area contributed by atoms with Crippen LogP contribution in [0.3, 0.4) is 0 Å². The van der Waals surface area contributed by atoms with Gasteiger partial charge in [-0.25, -0.2) is 0 Å². The van der Waals surface area contributed by atoms with Crippen LogP contribution in [0.4, 0.5) is 0 Å². The first-order chi connectivity index (χ1) is 7.63. The molecule has 0 radical (unpaired) electrons. The lowest BCUT2D eigenvalue weighted by Crippen LogP contribution is -1.83. The lowest BCUT2D eigenvalue weighted by Gasteiger charge is -2.01. The predicted molar refractivity (Wildman–Crippen MR) is 76.8 cm³/mol. The van der Waals surface area contributed by atoms with Crippen molar-refractivity contribution in [3.8, 4) is 0 Å². The number of allylic oxidation sites excluding steroid dienone is 3. The Balaban J connectivity index is 0. The topological polar surface area (TPSA) is 0 Å². The van der Waals surface area contributed by atoms with Gasteiger partial charge >= 0.3 is 0 Å². The average Bonchev–Trinajstić information content (AvgIpc) is 2.31. The molecule has 0 heterocycles. The summed E-state index contributed by atoms with van der Waals surface area (Å²) < 4.78 is 0. The second-order valence-electron chi connectivity index (χ2n) is 3.45. The summed E-state index contributed by atoms with van der Waals surface area (Å²) in [5, 5.41) is 0. The van der Waals surface area contributed by atoms with E-state index in [0.717, 1.165) is 0 Å². The third-order valence-electron chi connectivity index (χ3n) is 1.63. The highest BCUT2D eigenvalue weighted by Crippen LogP contribution is 2.11. The van der Waals surface area contributed by atoms with Gasteiger partial charge in [-0.1, -0.05) is 75.6 Å². The fraction of sp³-hybridized carbons (Fsp3) is 0.250. The van der Waals surface area contributed by atoms with Crippen molar-refractivity contribution >= 4 is 0 Å². The van der Waals surface area contributed by atoms with E-state index in [4.69, 9.17) is 0 Å². The molecule has 0 N–H and O–H groups in total. The van der Waals surface area contributed by atoms with Crippen LogP contribution in [-0.4, -0.2) is 0 Å². The average molecular weight is 216 g/mol. The van der Waals surface area contributed by atoms with Crippen LogP contribution in [0.15, 0.2) is 68.3 Å². The highest BCUT2D eigenvalue weighted by Gasteiger charge is 1.93. The molecule has 0 amide bonds. The van der Waals surface area contributed by atoms with E-state index in [0.29, 0.717) is 5.92 Å². The van der Waals surface area contributed by atoms with Crippen LogP contribution in [0, 0.1) is 0 Å². The van der Waals surface area contributed by atoms with Gasteiger partial charge in [0.2, 0.25) is 0 Å². The zero-order valence-corrected chi connectivity index (χ0v) is 10.8. The van der Waals surface area contributed by atoms with Gasteiger partial charge < -0.3 is 0 Å². The number of hydrogen-bond acceptors (Lipinski definition) is 0. The minimum atomic E-state index is 0.659. The molecular formula is C16H24. The highest BCUT2D eigenvalue weighted by atomic mass is 14.0. The van der Waals surface area contributed by atoms with Crippen LogP contribution < -0.4 is 0 Å². The van der Waals surface area contributed by atoms with Crippen LogP contribution in [0.5, 0.6) is 0 Å². The van der Waals surface area contributed by atoms with E-state index in [1.165, 1.54) is 5.56 Å². The Bertz CT molecular complexity index is 261. The Morgan fingerprint density at radius 1 is 0.938 bits per heavy atom. The molecule has 0 aromatic heterocycles. The summed E-state index contributed by atoms with van der Waals surface area (Å²) in [6.45, 7) is 16.4. The van der Waals surface area contributed by atoms with Crippen LogP contribution in [0.1, 0.15) is 32.3 Å². The normalized spacial score (nSPS) is 7.75. The maximum atomic E-state index is 3.36. The van der Waals surface area contributed by atoms with E-state index in [9.17, 15) is 0 Å². The van der Waals surface area contributed by atoms with Gasteiger partial charge in [0.25, 0.3) is 0 Å². The Labute approximate surface area is 101 Å². The minimum absolute atomic E-state index is 0.659. The van der Waals surface area contributed by atoms with Gasteiger partial charge in [-0.3, -0.25) is 0 Å². The molecule has 0 nitrogen and oxygen atoms in total. The summed E-state index contributed by atoms with van der Waals surface area (Å²) in [4.78, 5) is 0. The van der Waals surface area contributed by atoms with Gasteiger partial charge in [0, 0.05) is 0 Å². The van der Waals surface area contributed by atoms with Crippen LogP contribution in [0.2, 0.25) is 0 Å². The third kappa shape index (κ3) is 12.4. The van der Waals surface area contributed by atoms with Gasteiger partial charge in [0.05, 0.1) is 0 Å². The van der Waals surface area contributed by atoms with E-state index >= 15 is 0 Å². The lowest BCUT2D eigenvalue weighted by molar-refractivity contribution is 0.867. The summed E-state index contributed by atoms with van der Waals surface area (Å²) in [6.07, 6.45) is 5.03. The van der Waals surface area contributed by atoms with Crippen molar-refractivity contribution in [2.75, 3.05) is 0 Å². The van der Waals surface area contributed by atoms with Gasteiger partial charge in [0.15, 0.2) is 0 Å². The Morgan fingerprint density at radius 2 is 1.31 bits per heavy atom. The van der Waals surface area contributed by atoms with E-state index in [1.54, 1.807) is 18.2 Å². The van der Waals surface area contributed by atoms with Crippen molar-refractivity contribution in [2.45, 2.75) is 26.7 Å². The van der Waals surface area contributed by atoms with Crippen molar-refractivity contribution in [3.05, 3.63) is 73.9 Å². The van der Waals surface area contributed by atoms with Crippen LogP contribution in [0.25, 0.3) is 0 Å². The maximum absolute atomic E-state index is 3.36. The monoisotopic (exact) mass is 216 g/mol. The second kappa shape index (κ2) is 13.4. The molecule has 0 saturated heterocycles. The first-order valence-corrected chi connectivity index (χ1v) is 5.49. The smallest absolute Gasteiger partial charge is 0.0219 e. The van der Waals surface area contributed by atoms with Crippen molar-refractivity contribution in [3.63, 3.8) is 0 Å². The summed E-state index contributed by atoms with van der Waals surface area (Å²) in [5.41, 5.74) is 1.41. The van der Waals surface area contributed by atoms with Crippen molar-refractivity contribution < 1.29 is 0 Å². The molecule has 0 heteroatoms. The minimum Gasteiger partial charge on any atom is -0.103 e. The molecular weight excluding hydrogens is 192 g/mol. The van der Waals surface area contributed by atoms with Crippen molar-refractivity contribution in [2.24, 2.45) is 0 Å². The van der Waals surface area contributed by atoms with Crippen molar-refractivity contribution in [1.82, 2.24) is 0 Å². The van der Waals surface area contributed by atoms with Gasteiger partial charge in [-0.05, 0) is 18.4 Å². The Kier molecular flexibility index (Phi) is 14.2. The Hall–Kier alpha value is -1.56. The molecule has 1 rings (SSSR count). The fourth-order valence-electron chi connectivity index (χ4n) is 0.838. The number of hydrogen-bond donors (Lipinski definition) is 0. The predicted octanol–water partition coefficient (Wildman–Crippen LogP) is 5.36. The quantitative estimate of drug-likeness (QED) is 0.461. The zero-order chi connectivity index (χ0) is 12.8. The number of rotatable bonds is 2. The molecule has 0 aliphatic rings. The van der Waals surface area contributed by atoms with Gasteiger partial charge in [-0.15, -0.1) is 6.58 Å².